The number of pyridine rings is 2. The SMILES string of the molecule is CC(=NN=C(C)c1cccnc1)c1cccnc1. The van der Waals surface area contributed by atoms with Crippen LogP contribution in [-0.4, -0.2) is 21.4 Å². The summed E-state index contributed by atoms with van der Waals surface area (Å²) in [6.07, 6.45) is 7.02. The van der Waals surface area contributed by atoms with Crippen molar-refractivity contribution in [2.75, 3.05) is 0 Å². The molecule has 0 saturated heterocycles. The van der Waals surface area contributed by atoms with Crippen LogP contribution in [0, 0.1) is 0 Å². The highest BCUT2D eigenvalue weighted by Gasteiger charge is 1.98. The molecule has 0 amide bonds. The summed E-state index contributed by atoms with van der Waals surface area (Å²) in [5, 5.41) is 8.42. The van der Waals surface area contributed by atoms with Gasteiger partial charge in [-0.2, -0.15) is 10.2 Å². The van der Waals surface area contributed by atoms with Crippen molar-refractivity contribution in [3.05, 3.63) is 60.2 Å². The van der Waals surface area contributed by atoms with E-state index >= 15 is 0 Å². The van der Waals surface area contributed by atoms with Crippen molar-refractivity contribution >= 4 is 11.4 Å². The van der Waals surface area contributed by atoms with E-state index in [0.717, 1.165) is 22.6 Å². The number of hydrogen-bond donors (Lipinski definition) is 0. The van der Waals surface area contributed by atoms with E-state index in [0.29, 0.717) is 0 Å². The Labute approximate surface area is 106 Å². The first-order valence-corrected chi connectivity index (χ1v) is 5.67. The molecule has 0 N–H and O–H groups in total. The van der Waals surface area contributed by atoms with Gasteiger partial charge in [-0.3, -0.25) is 9.97 Å². The second-order valence-electron chi connectivity index (χ2n) is 3.85. The minimum atomic E-state index is 0.839. The summed E-state index contributed by atoms with van der Waals surface area (Å²) >= 11 is 0. The fraction of sp³-hybridized carbons (Fsp3) is 0.143. The molecule has 0 spiro atoms. The zero-order chi connectivity index (χ0) is 12.8. The van der Waals surface area contributed by atoms with Crippen LogP contribution in [0.3, 0.4) is 0 Å². The van der Waals surface area contributed by atoms with Gasteiger partial charge in [0, 0.05) is 35.9 Å². The Balaban J connectivity index is 2.20. The maximum Gasteiger partial charge on any atom is 0.0687 e. The zero-order valence-electron chi connectivity index (χ0n) is 10.4. The molecular formula is C14H14N4. The van der Waals surface area contributed by atoms with E-state index in [9.17, 15) is 0 Å². The molecule has 90 valence electrons. The predicted molar refractivity (Wildman–Crippen MR) is 72.9 cm³/mol. The molecule has 0 atom stereocenters. The van der Waals surface area contributed by atoms with Crippen molar-refractivity contribution in [2.24, 2.45) is 10.2 Å². The first-order chi connectivity index (χ1) is 8.77. The molecule has 4 heteroatoms. The molecule has 2 aromatic rings. The minimum Gasteiger partial charge on any atom is -0.264 e. The second kappa shape index (κ2) is 5.82. The summed E-state index contributed by atoms with van der Waals surface area (Å²) in [6, 6.07) is 7.68. The van der Waals surface area contributed by atoms with E-state index < -0.39 is 0 Å². The topological polar surface area (TPSA) is 50.5 Å². The molecule has 0 aliphatic rings. The lowest BCUT2D eigenvalue weighted by atomic mass is 10.2. The van der Waals surface area contributed by atoms with E-state index in [1.165, 1.54) is 0 Å². The van der Waals surface area contributed by atoms with Crippen molar-refractivity contribution in [1.29, 1.82) is 0 Å². The quantitative estimate of drug-likeness (QED) is 0.609. The van der Waals surface area contributed by atoms with E-state index in [1.807, 2.05) is 38.1 Å². The third-order valence-electron chi connectivity index (χ3n) is 2.51. The average molecular weight is 238 g/mol. The monoisotopic (exact) mass is 238 g/mol. The Bertz CT molecular complexity index is 505. The lowest BCUT2D eigenvalue weighted by Gasteiger charge is -1.99. The number of nitrogens with zero attached hydrogens (tertiary/aromatic N) is 4. The maximum absolute atomic E-state index is 4.21. The average Bonchev–Trinajstić information content (AvgIpc) is 2.46. The smallest absolute Gasteiger partial charge is 0.0687 e. The summed E-state index contributed by atoms with van der Waals surface area (Å²) in [7, 11) is 0. The molecule has 0 aliphatic carbocycles. The second-order valence-corrected chi connectivity index (χ2v) is 3.85. The van der Waals surface area contributed by atoms with Gasteiger partial charge in [-0.1, -0.05) is 12.1 Å². The standard InChI is InChI=1S/C14H14N4/c1-11(13-5-3-7-15-9-13)17-18-12(2)14-6-4-8-16-10-14/h3-10H,1-2H3. The summed E-state index contributed by atoms with van der Waals surface area (Å²) in [4.78, 5) is 8.10. The molecule has 2 aromatic heterocycles. The third kappa shape index (κ3) is 3.07. The van der Waals surface area contributed by atoms with Crippen molar-refractivity contribution < 1.29 is 0 Å². The first-order valence-electron chi connectivity index (χ1n) is 5.67. The molecule has 0 unspecified atom stereocenters. The largest absolute Gasteiger partial charge is 0.264 e. The van der Waals surface area contributed by atoms with Gasteiger partial charge in [-0.15, -0.1) is 0 Å². The highest BCUT2D eigenvalue weighted by atomic mass is 15.2. The Morgan fingerprint density at radius 3 is 1.61 bits per heavy atom. The van der Waals surface area contributed by atoms with Crippen LogP contribution in [-0.2, 0) is 0 Å². The molecule has 0 radical (unpaired) electrons. The van der Waals surface area contributed by atoms with Crippen LogP contribution in [0.2, 0.25) is 0 Å². The molecule has 0 saturated carbocycles. The number of aromatic nitrogens is 2. The normalized spacial score (nSPS) is 12.6. The van der Waals surface area contributed by atoms with Gasteiger partial charge in [-0.25, -0.2) is 0 Å². The summed E-state index contributed by atoms with van der Waals surface area (Å²) in [5.74, 6) is 0. The molecule has 4 nitrogen and oxygen atoms in total. The molecule has 18 heavy (non-hydrogen) atoms. The molecule has 0 bridgehead atoms. The Morgan fingerprint density at radius 1 is 0.833 bits per heavy atom. The summed E-state index contributed by atoms with van der Waals surface area (Å²) in [5.41, 5.74) is 3.62. The number of rotatable bonds is 3. The van der Waals surface area contributed by atoms with Gasteiger partial charge in [0.15, 0.2) is 0 Å². The summed E-state index contributed by atoms with van der Waals surface area (Å²) < 4.78 is 0. The number of hydrogen-bond acceptors (Lipinski definition) is 4. The van der Waals surface area contributed by atoms with Crippen LogP contribution >= 0.6 is 0 Å². The van der Waals surface area contributed by atoms with Gasteiger partial charge in [0.2, 0.25) is 0 Å². The van der Waals surface area contributed by atoms with Crippen molar-refractivity contribution in [1.82, 2.24) is 9.97 Å². The van der Waals surface area contributed by atoms with Crippen LogP contribution in [0.25, 0.3) is 0 Å². The lowest BCUT2D eigenvalue weighted by Crippen LogP contribution is -1.97. The van der Waals surface area contributed by atoms with Gasteiger partial charge in [-0.05, 0) is 26.0 Å². The highest BCUT2D eigenvalue weighted by Crippen LogP contribution is 2.02. The lowest BCUT2D eigenvalue weighted by molar-refractivity contribution is 1.20. The molecule has 2 heterocycles. The van der Waals surface area contributed by atoms with Crippen LogP contribution < -0.4 is 0 Å². The van der Waals surface area contributed by atoms with Gasteiger partial charge < -0.3 is 0 Å². The van der Waals surface area contributed by atoms with E-state index in [4.69, 9.17) is 0 Å². The van der Waals surface area contributed by atoms with Gasteiger partial charge in [0.1, 0.15) is 0 Å². The molecule has 0 fully saturated rings. The Kier molecular flexibility index (Phi) is 3.91. The van der Waals surface area contributed by atoms with Gasteiger partial charge in [0.05, 0.1) is 11.4 Å². The first kappa shape index (κ1) is 12.1. The third-order valence-corrected chi connectivity index (χ3v) is 2.51. The van der Waals surface area contributed by atoms with Gasteiger partial charge in [0.25, 0.3) is 0 Å². The fourth-order valence-electron chi connectivity index (χ4n) is 1.42. The molecule has 2 rings (SSSR count). The fourth-order valence-corrected chi connectivity index (χ4v) is 1.42. The van der Waals surface area contributed by atoms with E-state index in [1.54, 1.807) is 24.8 Å². The Hall–Kier alpha value is -2.36. The molecule has 0 aliphatic heterocycles. The van der Waals surface area contributed by atoms with Gasteiger partial charge >= 0.3 is 0 Å². The minimum absolute atomic E-state index is 0.839. The van der Waals surface area contributed by atoms with Crippen LogP contribution in [0.4, 0.5) is 0 Å². The Morgan fingerprint density at radius 2 is 1.28 bits per heavy atom. The van der Waals surface area contributed by atoms with Crippen LogP contribution in [0.15, 0.2) is 59.3 Å². The van der Waals surface area contributed by atoms with Crippen LogP contribution in [0.5, 0.6) is 0 Å². The van der Waals surface area contributed by atoms with Crippen molar-refractivity contribution in [3.63, 3.8) is 0 Å². The molecular weight excluding hydrogens is 224 g/mol. The zero-order valence-corrected chi connectivity index (χ0v) is 10.4. The predicted octanol–water partition coefficient (Wildman–Crippen LogP) is 2.71. The summed E-state index contributed by atoms with van der Waals surface area (Å²) in [6.45, 7) is 3.83. The van der Waals surface area contributed by atoms with Crippen molar-refractivity contribution in [2.45, 2.75) is 13.8 Å². The van der Waals surface area contributed by atoms with E-state index in [2.05, 4.69) is 20.2 Å². The molecule has 0 aromatic carbocycles. The maximum atomic E-state index is 4.21. The highest BCUT2D eigenvalue weighted by molar-refractivity contribution is 6.01. The van der Waals surface area contributed by atoms with Crippen molar-refractivity contribution in [3.8, 4) is 0 Å². The van der Waals surface area contributed by atoms with Crippen LogP contribution in [0.1, 0.15) is 25.0 Å². The van der Waals surface area contributed by atoms with E-state index in [-0.39, 0.29) is 0 Å².